The van der Waals surface area contributed by atoms with Crippen LogP contribution in [0.2, 0.25) is 5.02 Å². The molecule has 2 amide bonds. The van der Waals surface area contributed by atoms with Crippen LogP contribution in [0, 0.1) is 5.92 Å². The number of nitrogens with zero attached hydrogens (tertiary/aromatic N) is 1. The Morgan fingerprint density at radius 1 is 1.26 bits per heavy atom. The monoisotopic (exact) mass is 340 g/mol. The number of rotatable bonds is 7. The van der Waals surface area contributed by atoms with Gasteiger partial charge in [0.1, 0.15) is 6.04 Å². The summed E-state index contributed by atoms with van der Waals surface area (Å²) in [4.78, 5) is 36.7. The molecular weight excluding hydrogens is 320 g/mol. The minimum Gasteiger partial charge on any atom is -0.481 e. The Hall–Kier alpha value is -2.08. The van der Waals surface area contributed by atoms with Crippen LogP contribution < -0.4 is 5.32 Å². The molecule has 0 aliphatic heterocycles. The molecule has 0 fully saturated rings. The van der Waals surface area contributed by atoms with E-state index in [1.54, 1.807) is 38.1 Å². The fourth-order valence-corrected chi connectivity index (χ4v) is 2.21. The summed E-state index contributed by atoms with van der Waals surface area (Å²) in [5.41, 5.74) is 0.292. The van der Waals surface area contributed by atoms with Gasteiger partial charge in [0.15, 0.2) is 0 Å². The lowest BCUT2D eigenvalue weighted by molar-refractivity contribution is -0.138. The number of carboxylic acids is 1. The molecule has 0 bridgehead atoms. The average Bonchev–Trinajstić information content (AvgIpc) is 2.49. The molecule has 23 heavy (non-hydrogen) atoms. The van der Waals surface area contributed by atoms with Gasteiger partial charge in [-0.05, 0) is 18.1 Å². The Morgan fingerprint density at radius 3 is 2.39 bits per heavy atom. The Balaban J connectivity index is 2.82. The number of benzene rings is 1. The summed E-state index contributed by atoms with van der Waals surface area (Å²) in [7, 11) is 1.52. The first-order valence-electron chi connectivity index (χ1n) is 7.26. The fraction of sp³-hybridized carbons (Fsp3) is 0.438. The lowest BCUT2D eigenvalue weighted by Gasteiger charge is -2.27. The smallest absolute Gasteiger partial charge is 0.305 e. The van der Waals surface area contributed by atoms with E-state index in [1.807, 2.05) is 0 Å². The molecular formula is C16H21ClN2O4. The van der Waals surface area contributed by atoms with Crippen LogP contribution in [0.25, 0.3) is 0 Å². The summed E-state index contributed by atoms with van der Waals surface area (Å²) in [6.45, 7) is 3.69. The van der Waals surface area contributed by atoms with Crippen LogP contribution >= 0.6 is 11.6 Å². The largest absolute Gasteiger partial charge is 0.481 e. The van der Waals surface area contributed by atoms with E-state index in [2.05, 4.69) is 5.32 Å². The van der Waals surface area contributed by atoms with E-state index in [4.69, 9.17) is 16.7 Å². The maximum Gasteiger partial charge on any atom is 0.305 e. The second kappa shape index (κ2) is 8.53. The van der Waals surface area contributed by atoms with Gasteiger partial charge in [0.05, 0.1) is 17.0 Å². The molecule has 1 aromatic rings. The molecule has 0 aliphatic carbocycles. The molecule has 0 aliphatic rings. The number of hydrogen-bond donors (Lipinski definition) is 2. The van der Waals surface area contributed by atoms with Crippen LogP contribution in [0.15, 0.2) is 24.3 Å². The molecule has 0 aromatic heterocycles. The predicted octanol–water partition coefficient (Wildman–Crippen LogP) is 2.03. The maximum absolute atomic E-state index is 12.4. The molecule has 1 aromatic carbocycles. The highest BCUT2D eigenvalue weighted by Gasteiger charge is 2.28. The number of hydrogen-bond acceptors (Lipinski definition) is 3. The Bertz CT molecular complexity index is 589. The molecule has 2 N–H and O–H groups in total. The van der Waals surface area contributed by atoms with Gasteiger partial charge in [0.25, 0.3) is 5.91 Å². The third-order valence-electron chi connectivity index (χ3n) is 3.38. The van der Waals surface area contributed by atoms with Crippen molar-refractivity contribution in [1.29, 1.82) is 0 Å². The number of nitrogens with one attached hydrogen (secondary N) is 1. The molecule has 0 spiro atoms. The van der Waals surface area contributed by atoms with Crippen LogP contribution in [0.1, 0.15) is 30.6 Å². The van der Waals surface area contributed by atoms with E-state index < -0.39 is 17.9 Å². The number of carboxylic acid groups (broad SMARTS) is 1. The van der Waals surface area contributed by atoms with E-state index >= 15 is 0 Å². The molecule has 7 heteroatoms. The topological polar surface area (TPSA) is 86.7 Å². The highest BCUT2D eigenvalue weighted by atomic mass is 35.5. The zero-order chi connectivity index (χ0) is 17.6. The number of carbonyl (C=O) groups excluding carboxylic acids is 2. The first-order valence-corrected chi connectivity index (χ1v) is 7.64. The van der Waals surface area contributed by atoms with Crippen molar-refractivity contribution in [3.8, 4) is 0 Å². The van der Waals surface area contributed by atoms with Crippen molar-refractivity contribution in [3.05, 3.63) is 34.9 Å². The minimum absolute atomic E-state index is 0.0827. The quantitative estimate of drug-likeness (QED) is 0.795. The molecule has 0 radical (unpaired) electrons. The van der Waals surface area contributed by atoms with Crippen LogP contribution in [0.3, 0.4) is 0 Å². The summed E-state index contributed by atoms with van der Waals surface area (Å²) in [5, 5.41) is 11.7. The second-order valence-electron chi connectivity index (χ2n) is 5.58. The third kappa shape index (κ3) is 5.56. The van der Waals surface area contributed by atoms with Crippen molar-refractivity contribution in [3.63, 3.8) is 0 Å². The Labute approximate surface area is 140 Å². The standard InChI is InChI=1S/C16H21ClN2O4/c1-10(2)14(16(23)19(3)9-8-13(20)21)18-15(22)11-6-4-5-7-12(11)17/h4-7,10,14H,8-9H2,1-3H3,(H,18,22)(H,20,21). The summed E-state index contributed by atoms with van der Waals surface area (Å²) in [5.74, 6) is -1.90. The normalized spacial score (nSPS) is 11.9. The Morgan fingerprint density at radius 2 is 1.87 bits per heavy atom. The average molecular weight is 341 g/mol. The van der Waals surface area contributed by atoms with Gasteiger partial charge in [-0.2, -0.15) is 0 Å². The maximum atomic E-state index is 12.4. The van der Waals surface area contributed by atoms with E-state index in [-0.39, 0.29) is 24.8 Å². The van der Waals surface area contributed by atoms with Gasteiger partial charge in [-0.25, -0.2) is 0 Å². The molecule has 1 rings (SSSR count). The number of halogens is 1. The van der Waals surface area contributed by atoms with E-state index in [0.717, 1.165) is 0 Å². The highest BCUT2D eigenvalue weighted by Crippen LogP contribution is 2.16. The van der Waals surface area contributed by atoms with Crippen molar-refractivity contribution >= 4 is 29.4 Å². The SMILES string of the molecule is CC(C)C(NC(=O)c1ccccc1Cl)C(=O)N(C)CCC(=O)O. The van der Waals surface area contributed by atoms with E-state index in [1.165, 1.54) is 11.9 Å². The van der Waals surface area contributed by atoms with Gasteiger partial charge in [-0.3, -0.25) is 14.4 Å². The zero-order valence-corrected chi connectivity index (χ0v) is 14.1. The molecule has 1 atom stereocenters. The number of aliphatic carboxylic acids is 1. The van der Waals surface area contributed by atoms with Crippen molar-refractivity contribution in [2.24, 2.45) is 5.92 Å². The lowest BCUT2D eigenvalue weighted by Crippen LogP contribution is -2.50. The highest BCUT2D eigenvalue weighted by molar-refractivity contribution is 6.33. The summed E-state index contributed by atoms with van der Waals surface area (Å²) in [6.07, 6.45) is -0.147. The minimum atomic E-state index is -0.981. The first-order chi connectivity index (χ1) is 10.7. The number of likely N-dealkylation sites (N-methyl/N-ethyl adjacent to an activating group) is 1. The predicted molar refractivity (Wildman–Crippen MR) is 87.4 cm³/mol. The van der Waals surface area contributed by atoms with Gasteiger partial charge in [-0.1, -0.05) is 37.6 Å². The Kier molecular flexibility index (Phi) is 7.03. The third-order valence-corrected chi connectivity index (χ3v) is 3.70. The number of amides is 2. The van der Waals surface area contributed by atoms with Crippen LogP contribution in [-0.4, -0.2) is 47.4 Å². The van der Waals surface area contributed by atoms with Crippen molar-refractivity contribution < 1.29 is 19.5 Å². The lowest BCUT2D eigenvalue weighted by atomic mass is 10.0. The van der Waals surface area contributed by atoms with Crippen molar-refractivity contribution in [2.75, 3.05) is 13.6 Å². The second-order valence-corrected chi connectivity index (χ2v) is 5.99. The van der Waals surface area contributed by atoms with E-state index in [0.29, 0.717) is 10.6 Å². The fourth-order valence-electron chi connectivity index (χ4n) is 1.99. The van der Waals surface area contributed by atoms with Crippen LogP contribution in [0.4, 0.5) is 0 Å². The summed E-state index contributed by atoms with van der Waals surface area (Å²) < 4.78 is 0. The van der Waals surface area contributed by atoms with Gasteiger partial charge in [-0.15, -0.1) is 0 Å². The molecule has 0 heterocycles. The summed E-state index contributed by atoms with van der Waals surface area (Å²) >= 11 is 5.99. The number of carbonyl (C=O) groups is 3. The van der Waals surface area contributed by atoms with Crippen LogP contribution in [0.5, 0.6) is 0 Å². The van der Waals surface area contributed by atoms with Crippen molar-refractivity contribution in [2.45, 2.75) is 26.3 Å². The van der Waals surface area contributed by atoms with Gasteiger partial charge in [0, 0.05) is 13.6 Å². The van der Waals surface area contributed by atoms with Gasteiger partial charge >= 0.3 is 5.97 Å². The van der Waals surface area contributed by atoms with Gasteiger partial charge < -0.3 is 15.3 Å². The van der Waals surface area contributed by atoms with E-state index in [9.17, 15) is 14.4 Å². The molecule has 0 saturated carbocycles. The molecule has 126 valence electrons. The molecule has 0 saturated heterocycles. The molecule has 1 unspecified atom stereocenters. The summed E-state index contributed by atoms with van der Waals surface area (Å²) in [6, 6.07) is 5.82. The van der Waals surface area contributed by atoms with Crippen LogP contribution in [-0.2, 0) is 9.59 Å². The van der Waals surface area contributed by atoms with Crippen molar-refractivity contribution in [1.82, 2.24) is 10.2 Å². The first kappa shape index (κ1) is 19.0. The van der Waals surface area contributed by atoms with Gasteiger partial charge in [0.2, 0.25) is 5.91 Å². The zero-order valence-electron chi connectivity index (χ0n) is 13.4. The molecule has 6 nitrogen and oxygen atoms in total.